The van der Waals surface area contributed by atoms with E-state index in [1.807, 2.05) is 11.8 Å². The van der Waals surface area contributed by atoms with Crippen molar-refractivity contribution in [1.82, 2.24) is 0 Å². The van der Waals surface area contributed by atoms with Crippen molar-refractivity contribution < 1.29 is 0 Å². The predicted molar refractivity (Wildman–Crippen MR) is 73.0 cm³/mol. The van der Waals surface area contributed by atoms with Crippen LogP contribution in [0.5, 0.6) is 0 Å². The average Bonchev–Trinajstić information content (AvgIpc) is 2.30. The molecule has 0 amide bonds. The molecule has 84 valence electrons. The molecule has 1 heteroatoms. The summed E-state index contributed by atoms with van der Waals surface area (Å²) >= 11 is 1.94. The first-order valence-electron chi connectivity index (χ1n) is 5.79. The number of thioether (sulfide) groups is 1. The van der Waals surface area contributed by atoms with Gasteiger partial charge in [0.25, 0.3) is 0 Å². The molecule has 0 nitrogen and oxygen atoms in total. The number of rotatable bonds is 3. The van der Waals surface area contributed by atoms with Crippen LogP contribution in [0, 0.1) is 6.92 Å². The van der Waals surface area contributed by atoms with Crippen molar-refractivity contribution in [3.8, 4) is 0 Å². The second-order valence-corrected chi connectivity index (χ2v) is 5.49. The summed E-state index contributed by atoms with van der Waals surface area (Å²) in [7, 11) is 0. The van der Waals surface area contributed by atoms with Crippen LogP contribution in [0.25, 0.3) is 0 Å². The Morgan fingerprint density at radius 2 is 1.75 bits per heavy atom. The normalized spacial score (nSPS) is 15.6. The molecule has 1 aliphatic carbocycles. The van der Waals surface area contributed by atoms with Crippen LogP contribution in [-0.4, -0.2) is 5.75 Å². The lowest BCUT2D eigenvalue weighted by atomic mass is 10.0. The topological polar surface area (TPSA) is 0 Å². The molecule has 0 aliphatic heterocycles. The van der Waals surface area contributed by atoms with Gasteiger partial charge in [-0.05, 0) is 38.8 Å². The largest absolute Gasteiger partial charge is 0.122 e. The monoisotopic (exact) mass is 230 g/mol. The van der Waals surface area contributed by atoms with Crippen LogP contribution in [0.2, 0.25) is 0 Å². The van der Waals surface area contributed by atoms with Crippen molar-refractivity contribution in [2.24, 2.45) is 0 Å². The van der Waals surface area contributed by atoms with E-state index in [1.165, 1.54) is 28.9 Å². The highest BCUT2D eigenvalue weighted by atomic mass is 32.2. The lowest BCUT2D eigenvalue weighted by Gasteiger charge is -2.11. The minimum atomic E-state index is 1.13. The first-order chi connectivity index (χ1) is 7.74. The summed E-state index contributed by atoms with van der Waals surface area (Å²) in [6.07, 6.45) is 7.02. The molecule has 0 bridgehead atoms. The molecule has 0 aromatic heterocycles. The van der Waals surface area contributed by atoms with E-state index in [9.17, 15) is 0 Å². The third-order valence-corrected chi connectivity index (χ3v) is 4.01. The molecule has 2 rings (SSSR count). The second-order valence-electron chi connectivity index (χ2n) is 4.44. The first kappa shape index (κ1) is 11.5. The van der Waals surface area contributed by atoms with Crippen LogP contribution in [0.3, 0.4) is 0 Å². The van der Waals surface area contributed by atoms with Crippen LogP contribution >= 0.6 is 11.8 Å². The number of hydrogen-bond acceptors (Lipinski definition) is 1. The Morgan fingerprint density at radius 3 is 2.38 bits per heavy atom. The fourth-order valence-electron chi connectivity index (χ4n) is 1.72. The van der Waals surface area contributed by atoms with E-state index in [2.05, 4.69) is 50.3 Å². The molecule has 1 aromatic carbocycles. The molecule has 0 saturated carbocycles. The van der Waals surface area contributed by atoms with Crippen molar-refractivity contribution in [2.45, 2.75) is 31.6 Å². The van der Waals surface area contributed by atoms with Crippen LogP contribution in [0.15, 0.2) is 52.5 Å². The zero-order chi connectivity index (χ0) is 11.4. The summed E-state index contributed by atoms with van der Waals surface area (Å²) in [5.41, 5.74) is 4.40. The molecule has 1 aliphatic rings. The van der Waals surface area contributed by atoms with Crippen molar-refractivity contribution in [3.05, 3.63) is 53.1 Å². The van der Waals surface area contributed by atoms with Crippen molar-refractivity contribution in [3.63, 3.8) is 0 Å². The molecule has 0 N–H and O–H groups in total. The van der Waals surface area contributed by atoms with E-state index in [0.717, 1.165) is 5.75 Å². The highest BCUT2D eigenvalue weighted by molar-refractivity contribution is 7.99. The summed E-state index contributed by atoms with van der Waals surface area (Å²) < 4.78 is 0. The van der Waals surface area contributed by atoms with Crippen molar-refractivity contribution in [2.75, 3.05) is 5.75 Å². The van der Waals surface area contributed by atoms with Gasteiger partial charge in [-0.2, -0.15) is 0 Å². The van der Waals surface area contributed by atoms with Crippen LogP contribution < -0.4 is 0 Å². The predicted octanol–water partition coefficient (Wildman–Crippen LogP) is 4.75. The van der Waals surface area contributed by atoms with Gasteiger partial charge >= 0.3 is 0 Å². The Kier molecular flexibility index (Phi) is 3.89. The molecule has 1 aromatic rings. The third-order valence-electron chi connectivity index (χ3n) is 2.89. The standard InChI is InChI=1S/C15H18S/c1-12-3-7-14(8-4-12)11-16-15-9-5-13(2)6-10-15/h3,5-7,9-10H,4,8,11H2,1-2H3. The Balaban J connectivity index is 1.90. The second kappa shape index (κ2) is 5.40. The highest BCUT2D eigenvalue weighted by Gasteiger charge is 2.03. The summed E-state index contributed by atoms with van der Waals surface area (Å²) in [5, 5.41) is 0. The van der Waals surface area contributed by atoms with Gasteiger partial charge in [-0.1, -0.05) is 41.0 Å². The number of hydrogen-bond donors (Lipinski definition) is 0. The van der Waals surface area contributed by atoms with Gasteiger partial charge in [-0.3, -0.25) is 0 Å². The minimum Gasteiger partial charge on any atom is -0.122 e. The number of allylic oxidation sites excluding steroid dienone is 3. The zero-order valence-electron chi connectivity index (χ0n) is 9.99. The van der Waals surface area contributed by atoms with E-state index < -0.39 is 0 Å². The summed E-state index contributed by atoms with van der Waals surface area (Å²) in [6, 6.07) is 8.79. The average molecular weight is 230 g/mol. The number of aryl methyl sites for hydroxylation is 1. The molecule has 0 unspecified atom stereocenters. The van der Waals surface area contributed by atoms with E-state index in [4.69, 9.17) is 0 Å². The van der Waals surface area contributed by atoms with Gasteiger partial charge in [0.2, 0.25) is 0 Å². The maximum Gasteiger partial charge on any atom is 0.0193 e. The lowest BCUT2D eigenvalue weighted by Crippen LogP contribution is -1.93. The molecule has 0 heterocycles. The Morgan fingerprint density at radius 1 is 1.00 bits per heavy atom. The van der Waals surface area contributed by atoms with Gasteiger partial charge in [-0.15, -0.1) is 11.8 Å². The fourth-order valence-corrected chi connectivity index (χ4v) is 2.64. The SMILES string of the molecule is CC1=CC=C(CSc2ccc(C)cc2)CC1. The van der Waals surface area contributed by atoms with Gasteiger partial charge in [0, 0.05) is 10.6 Å². The molecule has 0 spiro atoms. The molecular weight excluding hydrogens is 212 g/mol. The summed E-state index contributed by atoms with van der Waals surface area (Å²) in [5.74, 6) is 1.13. The van der Waals surface area contributed by atoms with Gasteiger partial charge < -0.3 is 0 Å². The lowest BCUT2D eigenvalue weighted by molar-refractivity contribution is 0.909. The first-order valence-corrected chi connectivity index (χ1v) is 6.77. The smallest absolute Gasteiger partial charge is 0.0193 e. The molecule has 0 atom stereocenters. The maximum absolute atomic E-state index is 2.29. The quantitative estimate of drug-likeness (QED) is 0.675. The number of benzene rings is 1. The van der Waals surface area contributed by atoms with Crippen LogP contribution in [0.1, 0.15) is 25.3 Å². The Hall–Kier alpha value is -0.950. The van der Waals surface area contributed by atoms with Gasteiger partial charge in [0.05, 0.1) is 0 Å². The van der Waals surface area contributed by atoms with E-state index in [0.29, 0.717) is 0 Å². The minimum absolute atomic E-state index is 1.13. The van der Waals surface area contributed by atoms with Gasteiger partial charge in [0.1, 0.15) is 0 Å². The van der Waals surface area contributed by atoms with Crippen LogP contribution in [-0.2, 0) is 0 Å². The summed E-state index contributed by atoms with van der Waals surface area (Å²) in [6.45, 7) is 4.34. The fraction of sp³-hybridized carbons (Fsp3) is 0.333. The Bertz CT molecular complexity index is 410. The third kappa shape index (κ3) is 3.28. The summed E-state index contributed by atoms with van der Waals surface area (Å²) in [4.78, 5) is 1.37. The van der Waals surface area contributed by atoms with Gasteiger partial charge in [-0.25, -0.2) is 0 Å². The van der Waals surface area contributed by atoms with E-state index in [1.54, 1.807) is 5.57 Å². The molecule has 16 heavy (non-hydrogen) atoms. The molecular formula is C15H18S. The zero-order valence-corrected chi connectivity index (χ0v) is 10.8. The van der Waals surface area contributed by atoms with Gasteiger partial charge in [0.15, 0.2) is 0 Å². The van der Waals surface area contributed by atoms with Crippen molar-refractivity contribution in [1.29, 1.82) is 0 Å². The molecule has 0 fully saturated rings. The van der Waals surface area contributed by atoms with Crippen molar-refractivity contribution >= 4 is 11.8 Å². The van der Waals surface area contributed by atoms with E-state index >= 15 is 0 Å². The highest BCUT2D eigenvalue weighted by Crippen LogP contribution is 2.25. The maximum atomic E-state index is 2.29. The van der Waals surface area contributed by atoms with Crippen LogP contribution in [0.4, 0.5) is 0 Å². The molecule has 0 saturated heterocycles. The Labute approximate surface area is 102 Å². The van der Waals surface area contributed by atoms with E-state index in [-0.39, 0.29) is 0 Å². The molecule has 0 radical (unpaired) electrons.